The molecule has 0 saturated carbocycles. The number of hydrogen-bond acceptors (Lipinski definition) is 7. The predicted molar refractivity (Wildman–Crippen MR) is 111 cm³/mol. The number of aryl methyl sites for hydroxylation is 1. The van der Waals surface area contributed by atoms with Crippen LogP contribution in [0.4, 0.5) is 5.82 Å². The minimum atomic E-state index is -3.49. The van der Waals surface area contributed by atoms with E-state index in [-0.39, 0.29) is 10.9 Å². The van der Waals surface area contributed by atoms with E-state index < -0.39 is 10.0 Å². The van der Waals surface area contributed by atoms with Crippen LogP contribution in [0.5, 0.6) is 5.75 Å². The van der Waals surface area contributed by atoms with Crippen LogP contribution in [0.3, 0.4) is 0 Å². The Morgan fingerprint density at radius 3 is 2.43 bits per heavy atom. The third-order valence-electron chi connectivity index (χ3n) is 4.24. The highest BCUT2D eigenvalue weighted by atomic mass is 32.2. The van der Waals surface area contributed by atoms with E-state index in [1.807, 2.05) is 38.1 Å². The molecule has 9 heteroatoms. The summed E-state index contributed by atoms with van der Waals surface area (Å²) in [5.74, 6) is 1.41. The van der Waals surface area contributed by atoms with Gasteiger partial charge in [0.05, 0.1) is 18.8 Å². The third-order valence-corrected chi connectivity index (χ3v) is 7.03. The minimum absolute atomic E-state index is 0.0243. The van der Waals surface area contributed by atoms with Gasteiger partial charge in [-0.2, -0.15) is 0 Å². The SMILES string of the molecule is CNS(=O)(=O)c1ccc(NC(C)c2sc(-c3ccc(OC)cc3)nc2C)nc1. The van der Waals surface area contributed by atoms with Crippen LogP contribution < -0.4 is 14.8 Å². The van der Waals surface area contributed by atoms with Gasteiger partial charge in [0.2, 0.25) is 10.0 Å². The number of rotatable bonds is 7. The average Bonchev–Trinajstić information content (AvgIpc) is 3.10. The average molecular weight is 419 g/mol. The van der Waals surface area contributed by atoms with Crippen molar-refractivity contribution in [3.05, 3.63) is 53.2 Å². The molecule has 0 fully saturated rings. The molecule has 0 saturated heterocycles. The Hall–Kier alpha value is -2.49. The van der Waals surface area contributed by atoms with E-state index in [1.54, 1.807) is 24.5 Å². The number of nitrogens with zero attached hydrogens (tertiary/aromatic N) is 2. The van der Waals surface area contributed by atoms with Gasteiger partial charge in [0, 0.05) is 16.6 Å². The first kappa shape index (κ1) is 20.2. The number of methoxy groups -OCH3 is 1. The van der Waals surface area contributed by atoms with E-state index in [9.17, 15) is 8.42 Å². The van der Waals surface area contributed by atoms with Crippen LogP contribution in [-0.2, 0) is 10.0 Å². The Bertz CT molecular complexity index is 1050. The van der Waals surface area contributed by atoms with E-state index in [1.165, 1.54) is 19.3 Å². The second-order valence-electron chi connectivity index (χ2n) is 6.15. The van der Waals surface area contributed by atoms with Crippen LogP contribution in [0.2, 0.25) is 0 Å². The van der Waals surface area contributed by atoms with Gasteiger partial charge in [-0.25, -0.2) is 23.1 Å². The van der Waals surface area contributed by atoms with E-state index in [0.29, 0.717) is 5.82 Å². The Kier molecular flexibility index (Phi) is 5.97. The molecule has 0 aliphatic rings. The molecule has 2 heterocycles. The zero-order valence-electron chi connectivity index (χ0n) is 16.1. The van der Waals surface area contributed by atoms with Gasteiger partial charge in [-0.15, -0.1) is 11.3 Å². The van der Waals surface area contributed by atoms with Gasteiger partial charge in [0.25, 0.3) is 0 Å². The summed E-state index contributed by atoms with van der Waals surface area (Å²) in [7, 11) is -0.479. The summed E-state index contributed by atoms with van der Waals surface area (Å²) in [5.41, 5.74) is 1.98. The Morgan fingerprint density at radius 2 is 1.86 bits per heavy atom. The third kappa shape index (κ3) is 4.32. The number of anilines is 1. The fourth-order valence-corrected chi connectivity index (χ4v) is 4.45. The van der Waals surface area contributed by atoms with E-state index in [4.69, 9.17) is 4.74 Å². The lowest BCUT2D eigenvalue weighted by Crippen LogP contribution is -2.18. The second-order valence-corrected chi connectivity index (χ2v) is 9.07. The molecule has 28 heavy (non-hydrogen) atoms. The summed E-state index contributed by atoms with van der Waals surface area (Å²) in [5, 5.41) is 4.24. The van der Waals surface area contributed by atoms with Crippen molar-refractivity contribution in [2.75, 3.05) is 19.5 Å². The molecule has 0 bridgehead atoms. The first-order valence-corrected chi connectivity index (χ1v) is 10.9. The standard InChI is InChI=1S/C19H22N4O3S2/c1-12(22-17-10-9-16(11-21-17)28(24,25)20-3)18-13(2)23-19(27-18)14-5-7-15(26-4)8-6-14/h5-12,20H,1-4H3,(H,21,22). The first-order chi connectivity index (χ1) is 13.3. The second kappa shape index (κ2) is 8.26. The summed E-state index contributed by atoms with van der Waals surface area (Å²) >= 11 is 1.62. The molecule has 148 valence electrons. The van der Waals surface area contributed by atoms with E-state index in [0.717, 1.165) is 26.9 Å². The van der Waals surface area contributed by atoms with Crippen molar-refractivity contribution in [2.24, 2.45) is 0 Å². The van der Waals surface area contributed by atoms with Crippen LogP contribution in [0.25, 0.3) is 10.6 Å². The van der Waals surface area contributed by atoms with Crippen molar-refractivity contribution < 1.29 is 13.2 Å². The van der Waals surface area contributed by atoms with Crippen molar-refractivity contribution in [1.29, 1.82) is 0 Å². The molecule has 0 amide bonds. The van der Waals surface area contributed by atoms with Crippen LogP contribution in [0, 0.1) is 6.92 Å². The molecule has 2 N–H and O–H groups in total. The molecule has 3 rings (SSSR count). The smallest absolute Gasteiger partial charge is 0.241 e. The lowest BCUT2D eigenvalue weighted by atomic mass is 10.2. The highest BCUT2D eigenvalue weighted by Crippen LogP contribution is 2.33. The van der Waals surface area contributed by atoms with Gasteiger partial charge >= 0.3 is 0 Å². The van der Waals surface area contributed by atoms with Gasteiger partial charge in [-0.05, 0) is 57.3 Å². The minimum Gasteiger partial charge on any atom is -0.497 e. The number of hydrogen-bond donors (Lipinski definition) is 2. The van der Waals surface area contributed by atoms with Crippen molar-refractivity contribution in [3.63, 3.8) is 0 Å². The molecule has 2 aromatic heterocycles. The van der Waals surface area contributed by atoms with Crippen molar-refractivity contribution in [3.8, 4) is 16.3 Å². The maximum atomic E-state index is 11.8. The molecule has 1 unspecified atom stereocenters. The van der Waals surface area contributed by atoms with Crippen LogP contribution in [-0.4, -0.2) is 32.5 Å². The van der Waals surface area contributed by atoms with Gasteiger partial charge < -0.3 is 10.1 Å². The largest absolute Gasteiger partial charge is 0.497 e. The zero-order valence-corrected chi connectivity index (χ0v) is 17.7. The molecular formula is C19H22N4O3S2. The summed E-state index contributed by atoms with van der Waals surface area (Å²) in [6.45, 7) is 4.01. The number of benzene rings is 1. The van der Waals surface area contributed by atoms with Gasteiger partial charge in [0.1, 0.15) is 21.5 Å². The fourth-order valence-electron chi connectivity index (χ4n) is 2.70. The summed E-state index contributed by atoms with van der Waals surface area (Å²) in [6, 6.07) is 11.0. The molecule has 3 aromatic rings. The Morgan fingerprint density at radius 1 is 1.14 bits per heavy atom. The maximum Gasteiger partial charge on any atom is 0.241 e. The first-order valence-electron chi connectivity index (χ1n) is 8.62. The lowest BCUT2D eigenvalue weighted by Gasteiger charge is -2.13. The Balaban J connectivity index is 1.77. The molecule has 0 spiro atoms. The van der Waals surface area contributed by atoms with Crippen molar-refractivity contribution >= 4 is 27.2 Å². The highest BCUT2D eigenvalue weighted by Gasteiger charge is 2.17. The summed E-state index contributed by atoms with van der Waals surface area (Å²) in [4.78, 5) is 10.1. The van der Waals surface area contributed by atoms with E-state index in [2.05, 4.69) is 20.0 Å². The molecule has 0 aliphatic carbocycles. The van der Waals surface area contributed by atoms with Gasteiger partial charge in [-0.1, -0.05) is 0 Å². The van der Waals surface area contributed by atoms with Crippen LogP contribution in [0.1, 0.15) is 23.5 Å². The Labute approximate surface area is 168 Å². The molecule has 0 radical (unpaired) electrons. The van der Waals surface area contributed by atoms with Crippen LogP contribution >= 0.6 is 11.3 Å². The molecular weight excluding hydrogens is 396 g/mol. The maximum absolute atomic E-state index is 11.8. The van der Waals surface area contributed by atoms with Crippen LogP contribution in [0.15, 0.2) is 47.5 Å². The molecule has 0 aliphatic heterocycles. The number of aromatic nitrogens is 2. The zero-order chi connectivity index (χ0) is 20.3. The summed E-state index contributed by atoms with van der Waals surface area (Å²) in [6.07, 6.45) is 1.34. The highest BCUT2D eigenvalue weighted by molar-refractivity contribution is 7.89. The number of pyridine rings is 1. The number of nitrogens with one attached hydrogen (secondary N) is 2. The molecule has 1 atom stereocenters. The topological polar surface area (TPSA) is 93.2 Å². The van der Waals surface area contributed by atoms with Crippen molar-refractivity contribution in [2.45, 2.75) is 24.8 Å². The number of thiazole rings is 1. The number of ether oxygens (including phenoxy) is 1. The van der Waals surface area contributed by atoms with Crippen molar-refractivity contribution in [1.82, 2.24) is 14.7 Å². The molecule has 7 nitrogen and oxygen atoms in total. The fraction of sp³-hybridized carbons (Fsp3) is 0.263. The lowest BCUT2D eigenvalue weighted by molar-refractivity contribution is 0.415. The summed E-state index contributed by atoms with van der Waals surface area (Å²) < 4.78 is 31.1. The normalized spacial score (nSPS) is 12.6. The monoisotopic (exact) mass is 418 g/mol. The quantitative estimate of drug-likeness (QED) is 0.609. The van der Waals surface area contributed by atoms with E-state index >= 15 is 0 Å². The predicted octanol–water partition coefficient (Wildman–Crippen LogP) is 3.60. The molecule has 1 aromatic carbocycles. The number of sulfonamides is 1. The van der Waals surface area contributed by atoms with Gasteiger partial charge in [-0.3, -0.25) is 0 Å². The van der Waals surface area contributed by atoms with Gasteiger partial charge in [0.15, 0.2) is 0 Å².